The zero-order valence-electron chi connectivity index (χ0n) is 13.3. The molecule has 116 valence electrons. The van der Waals surface area contributed by atoms with Gasteiger partial charge in [0.05, 0.1) is 14.2 Å². The summed E-state index contributed by atoms with van der Waals surface area (Å²) >= 11 is 0. The van der Waals surface area contributed by atoms with Gasteiger partial charge >= 0.3 is 5.97 Å². The largest absolute Gasteiger partial charge is 0.480 e. The van der Waals surface area contributed by atoms with Gasteiger partial charge < -0.3 is 14.4 Å². The van der Waals surface area contributed by atoms with Gasteiger partial charge in [-0.15, -0.1) is 0 Å². The number of pyridine rings is 1. The molecule has 1 saturated heterocycles. The molecule has 0 aromatic carbocycles. The van der Waals surface area contributed by atoms with E-state index in [0.717, 1.165) is 31.7 Å². The van der Waals surface area contributed by atoms with Crippen molar-refractivity contribution < 1.29 is 14.3 Å². The SMILES string of the molecule is COC(=O)c1ccc(N2CCCC(C)(C)CC2)nc1OC. The van der Waals surface area contributed by atoms with E-state index >= 15 is 0 Å². The molecule has 0 radical (unpaired) electrons. The molecule has 1 aromatic rings. The predicted molar refractivity (Wildman–Crippen MR) is 82.0 cm³/mol. The lowest BCUT2D eigenvalue weighted by Crippen LogP contribution is -2.26. The molecular formula is C16H24N2O3. The molecule has 0 unspecified atom stereocenters. The minimum Gasteiger partial charge on any atom is -0.480 e. The van der Waals surface area contributed by atoms with Crippen molar-refractivity contribution in [1.29, 1.82) is 0 Å². The maximum absolute atomic E-state index is 11.7. The van der Waals surface area contributed by atoms with Crippen LogP contribution in [0.3, 0.4) is 0 Å². The lowest BCUT2D eigenvalue weighted by atomic mass is 9.85. The molecule has 1 aliphatic heterocycles. The van der Waals surface area contributed by atoms with Crippen LogP contribution in [0.2, 0.25) is 0 Å². The van der Waals surface area contributed by atoms with Crippen LogP contribution in [0, 0.1) is 5.41 Å². The molecule has 2 rings (SSSR count). The molecule has 0 N–H and O–H groups in total. The van der Waals surface area contributed by atoms with Gasteiger partial charge in [0, 0.05) is 13.1 Å². The second-order valence-electron chi connectivity index (χ2n) is 6.22. The van der Waals surface area contributed by atoms with Gasteiger partial charge in [-0.05, 0) is 36.8 Å². The molecule has 0 amide bonds. The van der Waals surface area contributed by atoms with Crippen molar-refractivity contribution in [3.8, 4) is 5.88 Å². The summed E-state index contributed by atoms with van der Waals surface area (Å²) in [5.74, 6) is 0.753. The second kappa shape index (κ2) is 6.33. The van der Waals surface area contributed by atoms with Crippen LogP contribution in [-0.2, 0) is 4.74 Å². The summed E-state index contributed by atoms with van der Waals surface area (Å²) in [6.07, 6.45) is 3.51. The zero-order chi connectivity index (χ0) is 15.5. The topological polar surface area (TPSA) is 51.7 Å². The maximum Gasteiger partial charge on any atom is 0.343 e. The molecular weight excluding hydrogens is 268 g/mol. The number of hydrogen-bond acceptors (Lipinski definition) is 5. The third-order valence-electron chi connectivity index (χ3n) is 4.11. The number of rotatable bonds is 3. The van der Waals surface area contributed by atoms with E-state index in [4.69, 9.17) is 9.47 Å². The lowest BCUT2D eigenvalue weighted by molar-refractivity contribution is 0.0596. The number of carbonyl (C=O) groups is 1. The molecule has 5 nitrogen and oxygen atoms in total. The molecule has 5 heteroatoms. The molecule has 0 spiro atoms. The maximum atomic E-state index is 11.7. The summed E-state index contributed by atoms with van der Waals surface area (Å²) in [5, 5.41) is 0. The monoisotopic (exact) mass is 292 g/mol. The number of carbonyl (C=O) groups excluding carboxylic acids is 1. The van der Waals surface area contributed by atoms with Gasteiger partial charge in [0.2, 0.25) is 5.88 Å². The van der Waals surface area contributed by atoms with E-state index in [1.807, 2.05) is 6.07 Å². The first-order valence-electron chi connectivity index (χ1n) is 7.35. The fourth-order valence-corrected chi connectivity index (χ4v) is 2.68. The van der Waals surface area contributed by atoms with Crippen molar-refractivity contribution in [2.24, 2.45) is 5.41 Å². The third-order valence-corrected chi connectivity index (χ3v) is 4.11. The van der Waals surface area contributed by atoms with Gasteiger partial charge in [0.25, 0.3) is 0 Å². The average Bonchev–Trinajstić information content (AvgIpc) is 2.66. The summed E-state index contributed by atoms with van der Waals surface area (Å²) in [5.41, 5.74) is 0.740. The minimum absolute atomic E-state index is 0.322. The molecule has 1 fully saturated rings. The Morgan fingerprint density at radius 3 is 2.67 bits per heavy atom. The number of methoxy groups -OCH3 is 2. The van der Waals surface area contributed by atoms with E-state index in [0.29, 0.717) is 16.9 Å². The van der Waals surface area contributed by atoms with E-state index in [-0.39, 0.29) is 0 Å². The highest BCUT2D eigenvalue weighted by atomic mass is 16.5. The number of nitrogens with zero attached hydrogens (tertiary/aromatic N) is 2. The van der Waals surface area contributed by atoms with Crippen LogP contribution in [-0.4, -0.2) is 38.3 Å². The summed E-state index contributed by atoms with van der Waals surface area (Å²) in [4.78, 5) is 18.4. The van der Waals surface area contributed by atoms with E-state index in [2.05, 4.69) is 23.7 Å². The van der Waals surface area contributed by atoms with Crippen molar-refractivity contribution in [2.45, 2.75) is 33.1 Å². The Morgan fingerprint density at radius 1 is 1.24 bits per heavy atom. The van der Waals surface area contributed by atoms with Gasteiger partial charge in [-0.3, -0.25) is 0 Å². The Kier molecular flexibility index (Phi) is 4.70. The fourth-order valence-electron chi connectivity index (χ4n) is 2.68. The summed E-state index contributed by atoms with van der Waals surface area (Å²) in [6, 6.07) is 3.59. The van der Waals surface area contributed by atoms with Gasteiger partial charge in [-0.1, -0.05) is 13.8 Å². The number of esters is 1. The first kappa shape index (κ1) is 15.6. The molecule has 0 atom stereocenters. The van der Waals surface area contributed by atoms with Crippen LogP contribution in [0.4, 0.5) is 5.82 Å². The number of ether oxygens (including phenoxy) is 2. The lowest BCUT2D eigenvalue weighted by Gasteiger charge is -2.24. The highest BCUT2D eigenvalue weighted by Gasteiger charge is 2.24. The smallest absolute Gasteiger partial charge is 0.343 e. The average molecular weight is 292 g/mol. The number of hydrogen-bond donors (Lipinski definition) is 0. The van der Waals surface area contributed by atoms with Crippen LogP contribution in [0.1, 0.15) is 43.5 Å². The standard InChI is InChI=1S/C16H24N2O3/c1-16(2)8-5-10-18(11-9-16)13-7-6-12(15(19)21-4)14(17-13)20-3/h6-7H,5,8-11H2,1-4H3. The van der Waals surface area contributed by atoms with Gasteiger partial charge in [-0.2, -0.15) is 4.98 Å². The molecule has 21 heavy (non-hydrogen) atoms. The molecule has 2 heterocycles. The zero-order valence-corrected chi connectivity index (χ0v) is 13.3. The van der Waals surface area contributed by atoms with Crippen molar-refractivity contribution in [3.63, 3.8) is 0 Å². The summed E-state index contributed by atoms with van der Waals surface area (Å²) < 4.78 is 9.97. The second-order valence-corrected chi connectivity index (χ2v) is 6.22. The van der Waals surface area contributed by atoms with Crippen LogP contribution in [0.15, 0.2) is 12.1 Å². The van der Waals surface area contributed by atoms with E-state index in [1.165, 1.54) is 20.6 Å². The first-order chi connectivity index (χ1) is 9.96. The highest BCUT2D eigenvalue weighted by molar-refractivity contribution is 5.92. The van der Waals surface area contributed by atoms with Gasteiger partial charge in [0.1, 0.15) is 11.4 Å². The van der Waals surface area contributed by atoms with E-state index in [9.17, 15) is 4.79 Å². The Balaban J connectivity index is 2.22. The molecule has 0 aliphatic carbocycles. The van der Waals surface area contributed by atoms with Crippen LogP contribution in [0.25, 0.3) is 0 Å². The van der Waals surface area contributed by atoms with E-state index in [1.54, 1.807) is 6.07 Å². The quantitative estimate of drug-likeness (QED) is 0.802. The molecule has 0 saturated carbocycles. The Hall–Kier alpha value is -1.78. The van der Waals surface area contributed by atoms with Crippen LogP contribution >= 0.6 is 0 Å². The van der Waals surface area contributed by atoms with Crippen LogP contribution in [0.5, 0.6) is 5.88 Å². The first-order valence-corrected chi connectivity index (χ1v) is 7.35. The van der Waals surface area contributed by atoms with Crippen LogP contribution < -0.4 is 9.64 Å². The minimum atomic E-state index is -0.428. The van der Waals surface area contributed by atoms with Crippen molar-refractivity contribution in [3.05, 3.63) is 17.7 Å². The number of anilines is 1. The number of aromatic nitrogens is 1. The Morgan fingerprint density at radius 2 is 2.00 bits per heavy atom. The highest BCUT2D eigenvalue weighted by Crippen LogP contribution is 2.32. The summed E-state index contributed by atoms with van der Waals surface area (Å²) in [7, 11) is 2.87. The van der Waals surface area contributed by atoms with Gasteiger partial charge in [-0.25, -0.2) is 4.79 Å². The van der Waals surface area contributed by atoms with Crippen molar-refractivity contribution in [1.82, 2.24) is 4.98 Å². The predicted octanol–water partition coefficient (Wildman–Crippen LogP) is 2.89. The normalized spacial score (nSPS) is 18.0. The molecule has 1 aromatic heterocycles. The van der Waals surface area contributed by atoms with Crippen molar-refractivity contribution >= 4 is 11.8 Å². The van der Waals surface area contributed by atoms with E-state index < -0.39 is 5.97 Å². The third kappa shape index (κ3) is 3.65. The molecule has 0 bridgehead atoms. The Labute approximate surface area is 126 Å². The summed E-state index contributed by atoms with van der Waals surface area (Å²) in [6.45, 7) is 6.58. The van der Waals surface area contributed by atoms with Gasteiger partial charge in [0.15, 0.2) is 0 Å². The van der Waals surface area contributed by atoms with Crippen molar-refractivity contribution in [2.75, 3.05) is 32.2 Å². The Bertz CT molecular complexity index is 514. The molecule has 1 aliphatic rings. The fraction of sp³-hybridized carbons (Fsp3) is 0.625.